The van der Waals surface area contributed by atoms with Crippen molar-refractivity contribution in [1.82, 2.24) is 9.88 Å². The second kappa shape index (κ2) is 6.74. The normalized spacial score (nSPS) is 28.3. The van der Waals surface area contributed by atoms with Crippen molar-refractivity contribution in [2.75, 3.05) is 0 Å². The van der Waals surface area contributed by atoms with Gasteiger partial charge in [0.1, 0.15) is 0 Å². The molecule has 2 aliphatic heterocycles. The fourth-order valence-corrected chi connectivity index (χ4v) is 5.28. The Kier molecular flexibility index (Phi) is 4.22. The van der Waals surface area contributed by atoms with E-state index in [1.807, 2.05) is 18.5 Å². The SMILES string of the molecule is OC1(c2cncc3ccccc23)CC2CCCC(C1)N2Cc1ccccc1. The predicted molar refractivity (Wildman–Crippen MR) is 108 cm³/mol. The van der Waals surface area contributed by atoms with Gasteiger partial charge in [0.05, 0.1) is 5.60 Å². The summed E-state index contributed by atoms with van der Waals surface area (Å²) in [5, 5.41) is 14.0. The van der Waals surface area contributed by atoms with Crippen LogP contribution in [0.25, 0.3) is 10.8 Å². The smallest absolute Gasteiger partial charge is 0.0947 e. The largest absolute Gasteiger partial charge is 0.385 e. The van der Waals surface area contributed by atoms with E-state index in [0.29, 0.717) is 12.1 Å². The standard InChI is InChI=1S/C24H26N2O/c27-24(23-16-25-15-19-9-4-5-12-22(19)23)13-20-10-6-11-21(14-24)26(20)17-18-7-2-1-3-8-18/h1-5,7-9,12,15-16,20-21,27H,6,10-11,13-14,17H2. The van der Waals surface area contributed by atoms with Gasteiger partial charge in [-0.3, -0.25) is 9.88 Å². The highest BCUT2D eigenvalue weighted by atomic mass is 16.3. The van der Waals surface area contributed by atoms with Gasteiger partial charge in [-0.15, -0.1) is 0 Å². The van der Waals surface area contributed by atoms with E-state index in [1.165, 1.54) is 24.8 Å². The van der Waals surface area contributed by atoms with Gasteiger partial charge in [-0.25, -0.2) is 0 Å². The van der Waals surface area contributed by atoms with Gasteiger partial charge in [0.2, 0.25) is 0 Å². The molecule has 3 aromatic rings. The first-order valence-corrected chi connectivity index (χ1v) is 10.1. The van der Waals surface area contributed by atoms with Crippen molar-refractivity contribution < 1.29 is 5.11 Å². The van der Waals surface area contributed by atoms with Gasteiger partial charge in [0.25, 0.3) is 0 Å². The summed E-state index contributed by atoms with van der Waals surface area (Å²) >= 11 is 0. The van der Waals surface area contributed by atoms with Gasteiger partial charge < -0.3 is 5.11 Å². The molecule has 5 rings (SSSR count). The Balaban J connectivity index is 1.48. The third-order valence-electron chi connectivity index (χ3n) is 6.54. The Hall–Kier alpha value is -2.23. The van der Waals surface area contributed by atoms with E-state index in [2.05, 4.69) is 58.4 Å². The zero-order chi connectivity index (χ0) is 18.3. The first-order valence-electron chi connectivity index (χ1n) is 10.1. The first kappa shape index (κ1) is 16.9. The molecule has 138 valence electrons. The number of hydrogen-bond donors (Lipinski definition) is 1. The van der Waals surface area contributed by atoms with Crippen LogP contribution in [0.2, 0.25) is 0 Å². The van der Waals surface area contributed by atoms with E-state index < -0.39 is 5.60 Å². The predicted octanol–water partition coefficient (Wildman–Crippen LogP) is 4.64. The number of nitrogens with zero attached hydrogens (tertiary/aromatic N) is 2. The highest BCUT2D eigenvalue weighted by Gasteiger charge is 2.46. The van der Waals surface area contributed by atoms with Crippen LogP contribution in [0.4, 0.5) is 0 Å². The third kappa shape index (κ3) is 3.05. The molecule has 27 heavy (non-hydrogen) atoms. The Labute approximate surface area is 160 Å². The van der Waals surface area contributed by atoms with Crippen LogP contribution >= 0.6 is 0 Å². The van der Waals surface area contributed by atoms with E-state index in [1.54, 1.807) is 0 Å². The van der Waals surface area contributed by atoms with Crippen molar-refractivity contribution in [3.05, 3.63) is 78.1 Å². The van der Waals surface area contributed by atoms with Gasteiger partial charge in [0.15, 0.2) is 0 Å². The van der Waals surface area contributed by atoms with Crippen molar-refractivity contribution in [2.24, 2.45) is 0 Å². The van der Waals surface area contributed by atoms with Gasteiger partial charge in [-0.2, -0.15) is 0 Å². The number of benzene rings is 2. The lowest BCUT2D eigenvalue weighted by Crippen LogP contribution is -2.56. The highest BCUT2D eigenvalue weighted by Crippen LogP contribution is 2.46. The quantitative estimate of drug-likeness (QED) is 0.741. The maximum Gasteiger partial charge on any atom is 0.0947 e. The van der Waals surface area contributed by atoms with Crippen LogP contribution in [0.1, 0.15) is 43.2 Å². The topological polar surface area (TPSA) is 36.4 Å². The third-order valence-corrected chi connectivity index (χ3v) is 6.54. The molecule has 2 bridgehead atoms. The Morgan fingerprint density at radius 3 is 2.41 bits per heavy atom. The monoisotopic (exact) mass is 358 g/mol. The van der Waals surface area contributed by atoms with E-state index in [-0.39, 0.29) is 0 Å². The summed E-state index contributed by atoms with van der Waals surface area (Å²) in [7, 11) is 0. The van der Waals surface area contributed by atoms with Crippen molar-refractivity contribution in [2.45, 2.75) is 56.3 Å². The lowest BCUT2D eigenvalue weighted by atomic mass is 9.72. The molecule has 2 unspecified atom stereocenters. The molecule has 0 spiro atoms. The van der Waals surface area contributed by atoms with E-state index in [9.17, 15) is 5.11 Å². The minimum absolute atomic E-state index is 0.432. The molecule has 0 saturated carbocycles. The van der Waals surface area contributed by atoms with Crippen molar-refractivity contribution in [3.63, 3.8) is 0 Å². The van der Waals surface area contributed by atoms with E-state index >= 15 is 0 Å². The summed E-state index contributed by atoms with van der Waals surface area (Å²) in [5.41, 5.74) is 1.60. The molecule has 1 N–H and O–H groups in total. The summed E-state index contributed by atoms with van der Waals surface area (Å²) in [6.45, 7) is 0.986. The number of piperidine rings is 2. The van der Waals surface area contributed by atoms with Crippen LogP contribution in [0.15, 0.2) is 67.0 Å². The summed E-state index contributed by atoms with van der Waals surface area (Å²) in [6.07, 6.45) is 8.99. The minimum Gasteiger partial charge on any atom is -0.385 e. The summed E-state index contributed by atoms with van der Waals surface area (Å²) in [4.78, 5) is 7.09. The van der Waals surface area contributed by atoms with Crippen molar-refractivity contribution >= 4 is 10.8 Å². The molecular weight excluding hydrogens is 332 g/mol. The molecule has 0 amide bonds. The molecule has 2 atom stereocenters. The Bertz CT molecular complexity index is 920. The molecular formula is C24H26N2O. The van der Waals surface area contributed by atoms with Gasteiger partial charge in [-0.1, -0.05) is 61.0 Å². The summed E-state index contributed by atoms with van der Waals surface area (Å²) < 4.78 is 0. The lowest BCUT2D eigenvalue weighted by Gasteiger charge is -2.52. The Morgan fingerprint density at radius 1 is 0.926 bits per heavy atom. The maximum absolute atomic E-state index is 11.8. The van der Waals surface area contributed by atoms with Crippen LogP contribution in [0.3, 0.4) is 0 Å². The van der Waals surface area contributed by atoms with Crippen LogP contribution < -0.4 is 0 Å². The Morgan fingerprint density at radius 2 is 1.63 bits per heavy atom. The van der Waals surface area contributed by atoms with Crippen LogP contribution in [0, 0.1) is 0 Å². The first-order chi connectivity index (χ1) is 13.2. The van der Waals surface area contributed by atoms with E-state index in [0.717, 1.165) is 35.7 Å². The van der Waals surface area contributed by atoms with Crippen LogP contribution in [0.5, 0.6) is 0 Å². The van der Waals surface area contributed by atoms with Gasteiger partial charge >= 0.3 is 0 Å². The van der Waals surface area contributed by atoms with Crippen molar-refractivity contribution in [3.8, 4) is 0 Å². The minimum atomic E-state index is -0.781. The molecule has 2 saturated heterocycles. The van der Waals surface area contributed by atoms with Gasteiger partial charge in [-0.05, 0) is 36.6 Å². The summed E-state index contributed by atoms with van der Waals surface area (Å²) in [5.74, 6) is 0. The number of aromatic nitrogens is 1. The summed E-state index contributed by atoms with van der Waals surface area (Å²) in [6, 6.07) is 19.9. The number of aliphatic hydroxyl groups is 1. The number of fused-ring (bicyclic) bond motifs is 3. The highest BCUT2D eigenvalue weighted by molar-refractivity contribution is 5.85. The second-order valence-electron chi connectivity index (χ2n) is 8.24. The molecule has 2 aromatic carbocycles. The fourth-order valence-electron chi connectivity index (χ4n) is 5.28. The maximum atomic E-state index is 11.8. The molecule has 3 heterocycles. The van der Waals surface area contributed by atoms with E-state index in [4.69, 9.17) is 0 Å². The molecule has 0 aliphatic carbocycles. The molecule has 1 aromatic heterocycles. The lowest BCUT2D eigenvalue weighted by molar-refractivity contribution is -0.0992. The average molecular weight is 358 g/mol. The fraction of sp³-hybridized carbons (Fsp3) is 0.375. The van der Waals surface area contributed by atoms with Crippen LogP contribution in [-0.4, -0.2) is 27.1 Å². The zero-order valence-corrected chi connectivity index (χ0v) is 15.6. The van der Waals surface area contributed by atoms with Crippen molar-refractivity contribution in [1.29, 1.82) is 0 Å². The molecule has 2 aliphatic rings. The number of hydrogen-bond acceptors (Lipinski definition) is 3. The molecule has 3 nitrogen and oxygen atoms in total. The molecule has 2 fully saturated rings. The number of rotatable bonds is 3. The van der Waals surface area contributed by atoms with Gasteiger partial charge in [0, 0.05) is 42.0 Å². The number of pyridine rings is 1. The second-order valence-corrected chi connectivity index (χ2v) is 8.24. The zero-order valence-electron chi connectivity index (χ0n) is 15.6. The average Bonchev–Trinajstić information content (AvgIpc) is 2.69. The van der Waals surface area contributed by atoms with Crippen LogP contribution in [-0.2, 0) is 12.1 Å². The molecule has 0 radical (unpaired) electrons. The molecule has 3 heteroatoms.